The molecule has 9 aromatic carbocycles. The molecule has 0 atom stereocenters. The van der Waals surface area contributed by atoms with Gasteiger partial charge in [-0.15, -0.1) is 5.73 Å². The Balaban J connectivity index is 1.37. The summed E-state index contributed by atoms with van der Waals surface area (Å²) in [6.07, 6.45) is 0. The zero-order valence-corrected chi connectivity index (χ0v) is 24.7. The molecule has 204 valence electrons. The van der Waals surface area contributed by atoms with Gasteiger partial charge in [0.05, 0.1) is 0 Å². The summed E-state index contributed by atoms with van der Waals surface area (Å²) in [4.78, 5) is 0. The molecule has 0 spiro atoms. The molecular weight excluding hydrogens is 528 g/mol. The molecule has 44 heavy (non-hydrogen) atoms. The van der Waals surface area contributed by atoms with Crippen molar-refractivity contribution in [3.8, 4) is 0 Å². The van der Waals surface area contributed by atoms with Crippen LogP contribution >= 0.6 is 0 Å². The van der Waals surface area contributed by atoms with E-state index in [0.717, 1.165) is 5.57 Å². The summed E-state index contributed by atoms with van der Waals surface area (Å²) in [5, 5.41) is 15.9. The average molecular weight is 557 g/mol. The van der Waals surface area contributed by atoms with Crippen molar-refractivity contribution in [3.63, 3.8) is 0 Å². The molecule has 0 nitrogen and oxygen atoms in total. The highest BCUT2D eigenvalue weighted by Crippen LogP contribution is 2.54. The maximum Gasteiger partial charge on any atom is 0.0319 e. The molecule has 0 fully saturated rings. The normalized spacial score (nSPS) is 14.2. The quantitative estimate of drug-likeness (QED) is 0.147. The molecule has 0 aromatic heterocycles. The average Bonchev–Trinajstić information content (AvgIpc) is 3.28. The molecule has 1 aliphatic carbocycles. The van der Waals surface area contributed by atoms with Crippen molar-refractivity contribution in [1.82, 2.24) is 0 Å². The number of hydrogen-bond acceptors (Lipinski definition) is 0. The SMILES string of the molecule is CC1(C)C(=C=C(c2ccccc2)c2ccc3ccc4cccc5ccc2c3c45)c2ccc3ccc4cccc5cc1c2c3c45. The molecule has 0 saturated carbocycles. The predicted octanol–water partition coefficient (Wildman–Crippen LogP) is 11.9. The molecule has 0 heterocycles. The van der Waals surface area contributed by atoms with Gasteiger partial charge < -0.3 is 0 Å². The first kappa shape index (κ1) is 24.1. The van der Waals surface area contributed by atoms with Gasteiger partial charge in [-0.25, -0.2) is 0 Å². The Morgan fingerprint density at radius 1 is 0.477 bits per heavy atom. The smallest absolute Gasteiger partial charge is 0.0319 e. The van der Waals surface area contributed by atoms with Crippen LogP contribution in [0.5, 0.6) is 0 Å². The van der Waals surface area contributed by atoms with E-state index in [4.69, 9.17) is 0 Å². The lowest BCUT2D eigenvalue weighted by molar-refractivity contribution is 0.714. The Morgan fingerprint density at radius 3 is 1.77 bits per heavy atom. The molecule has 0 bridgehead atoms. The predicted molar refractivity (Wildman–Crippen MR) is 189 cm³/mol. The van der Waals surface area contributed by atoms with Crippen LogP contribution < -0.4 is 0 Å². The number of rotatable bonds is 2. The van der Waals surface area contributed by atoms with Crippen LogP contribution in [0.3, 0.4) is 0 Å². The van der Waals surface area contributed by atoms with Gasteiger partial charge in [0.25, 0.3) is 0 Å². The monoisotopic (exact) mass is 556 g/mol. The van der Waals surface area contributed by atoms with E-state index >= 15 is 0 Å². The molecule has 0 unspecified atom stereocenters. The highest BCUT2D eigenvalue weighted by molar-refractivity contribution is 6.28. The molecular formula is C44H28. The standard InChI is InChI=1S/C44H28/c1-44(2)37(35-23-20-31-17-15-28-12-7-13-32-24-38(44)43(35)42(31)40(28)32)25-36(26-8-4-3-5-9-26)33-21-18-30-16-14-27-10-6-11-29-19-22-34(33)41(30)39(27)29/h3-24H,1-2H3. The number of hydrogen-bond donors (Lipinski definition) is 0. The third kappa shape index (κ3) is 3.03. The third-order valence-electron chi connectivity index (χ3n) is 10.3. The lowest BCUT2D eigenvalue weighted by Crippen LogP contribution is -2.14. The zero-order chi connectivity index (χ0) is 29.2. The highest BCUT2D eigenvalue weighted by Gasteiger charge is 2.37. The van der Waals surface area contributed by atoms with Crippen molar-refractivity contribution in [3.05, 3.63) is 161 Å². The van der Waals surface area contributed by atoms with Crippen LogP contribution in [0.4, 0.5) is 0 Å². The Hall–Kier alpha value is -5.42. The van der Waals surface area contributed by atoms with Crippen LogP contribution in [0.25, 0.3) is 75.8 Å². The Bertz CT molecular complexity index is 2680. The lowest BCUT2D eigenvalue weighted by Gasteiger charge is -2.22. The van der Waals surface area contributed by atoms with Crippen LogP contribution in [0.2, 0.25) is 0 Å². The van der Waals surface area contributed by atoms with Crippen molar-refractivity contribution in [2.45, 2.75) is 19.3 Å². The first-order valence-electron chi connectivity index (χ1n) is 15.5. The van der Waals surface area contributed by atoms with E-state index in [1.54, 1.807) is 0 Å². The van der Waals surface area contributed by atoms with E-state index in [1.165, 1.54) is 92.5 Å². The topological polar surface area (TPSA) is 0 Å². The highest BCUT2D eigenvalue weighted by atomic mass is 14.4. The fourth-order valence-corrected chi connectivity index (χ4v) is 8.22. The number of benzene rings is 9. The van der Waals surface area contributed by atoms with Crippen LogP contribution in [0.1, 0.15) is 36.1 Å². The second-order valence-electron chi connectivity index (χ2n) is 13.0. The second kappa shape index (κ2) is 8.35. The van der Waals surface area contributed by atoms with Gasteiger partial charge in [0.15, 0.2) is 0 Å². The van der Waals surface area contributed by atoms with Gasteiger partial charge in [-0.2, -0.15) is 0 Å². The molecule has 10 rings (SSSR count). The fraction of sp³-hybridized carbons (Fsp3) is 0.0682. The maximum atomic E-state index is 4.14. The Labute approximate surface area is 255 Å². The molecule has 0 amide bonds. The minimum Gasteiger partial charge on any atom is -0.107 e. The van der Waals surface area contributed by atoms with E-state index in [-0.39, 0.29) is 5.41 Å². The molecule has 0 N–H and O–H groups in total. The van der Waals surface area contributed by atoms with E-state index in [9.17, 15) is 0 Å². The third-order valence-corrected chi connectivity index (χ3v) is 10.3. The van der Waals surface area contributed by atoms with Gasteiger partial charge in [-0.05, 0) is 93.0 Å². The van der Waals surface area contributed by atoms with Crippen molar-refractivity contribution in [2.75, 3.05) is 0 Å². The van der Waals surface area contributed by atoms with E-state index < -0.39 is 0 Å². The zero-order valence-electron chi connectivity index (χ0n) is 24.7. The lowest BCUT2D eigenvalue weighted by atomic mass is 9.80. The van der Waals surface area contributed by atoms with Crippen LogP contribution in [0, 0.1) is 0 Å². The Morgan fingerprint density at radius 2 is 1.05 bits per heavy atom. The van der Waals surface area contributed by atoms with E-state index in [2.05, 4.69) is 153 Å². The van der Waals surface area contributed by atoms with Crippen molar-refractivity contribution in [2.24, 2.45) is 0 Å². The van der Waals surface area contributed by atoms with Gasteiger partial charge in [0, 0.05) is 16.6 Å². The molecule has 0 heteroatoms. The molecule has 0 aliphatic heterocycles. The molecule has 0 saturated heterocycles. The van der Waals surface area contributed by atoms with Gasteiger partial charge >= 0.3 is 0 Å². The van der Waals surface area contributed by atoms with Crippen LogP contribution in [-0.4, -0.2) is 0 Å². The summed E-state index contributed by atoms with van der Waals surface area (Å²) < 4.78 is 0. The first-order valence-corrected chi connectivity index (χ1v) is 15.5. The van der Waals surface area contributed by atoms with E-state index in [1.807, 2.05) is 0 Å². The maximum absolute atomic E-state index is 4.14. The summed E-state index contributed by atoms with van der Waals surface area (Å²) in [6.45, 7) is 4.77. The summed E-state index contributed by atoms with van der Waals surface area (Å²) >= 11 is 0. The van der Waals surface area contributed by atoms with Gasteiger partial charge in [0.2, 0.25) is 0 Å². The van der Waals surface area contributed by atoms with Crippen molar-refractivity contribution in [1.29, 1.82) is 0 Å². The van der Waals surface area contributed by atoms with E-state index in [0.29, 0.717) is 0 Å². The largest absolute Gasteiger partial charge is 0.107 e. The van der Waals surface area contributed by atoms with Gasteiger partial charge in [0.1, 0.15) is 0 Å². The fourth-order valence-electron chi connectivity index (χ4n) is 8.22. The van der Waals surface area contributed by atoms with Crippen molar-refractivity contribution < 1.29 is 0 Å². The summed E-state index contributed by atoms with van der Waals surface area (Å²) in [5.41, 5.74) is 11.5. The number of allylic oxidation sites excluding steroid dienone is 1. The van der Waals surface area contributed by atoms with Crippen molar-refractivity contribution >= 4 is 75.8 Å². The second-order valence-corrected chi connectivity index (χ2v) is 13.0. The van der Waals surface area contributed by atoms with Crippen LogP contribution in [-0.2, 0) is 5.41 Å². The minimum atomic E-state index is -0.212. The Kier molecular flexibility index (Phi) is 4.57. The summed E-state index contributed by atoms with van der Waals surface area (Å²) in [6, 6.07) is 49.6. The summed E-state index contributed by atoms with van der Waals surface area (Å²) in [7, 11) is 0. The molecule has 1 aliphatic rings. The van der Waals surface area contributed by atoms with Gasteiger partial charge in [-0.1, -0.05) is 141 Å². The summed E-state index contributed by atoms with van der Waals surface area (Å²) in [5.74, 6) is 0. The van der Waals surface area contributed by atoms with Gasteiger partial charge in [-0.3, -0.25) is 0 Å². The molecule has 0 radical (unpaired) electrons. The first-order chi connectivity index (χ1) is 21.6. The van der Waals surface area contributed by atoms with Crippen LogP contribution in [0.15, 0.2) is 139 Å². The minimum absolute atomic E-state index is 0.212. The molecule has 9 aromatic rings.